The maximum absolute atomic E-state index is 13.2. The summed E-state index contributed by atoms with van der Waals surface area (Å²) in [6, 6.07) is 9.25. The summed E-state index contributed by atoms with van der Waals surface area (Å²) in [6.07, 6.45) is 2.37. The van der Waals surface area contributed by atoms with Crippen LogP contribution in [-0.4, -0.2) is 17.4 Å². The third kappa shape index (κ3) is 2.03. The van der Waals surface area contributed by atoms with E-state index in [4.69, 9.17) is 0 Å². The van der Waals surface area contributed by atoms with E-state index in [1.54, 1.807) is 18.2 Å². The van der Waals surface area contributed by atoms with Crippen molar-refractivity contribution in [2.24, 2.45) is 0 Å². The number of hydrogen-bond acceptors (Lipinski definition) is 3. The van der Waals surface area contributed by atoms with E-state index in [1.807, 2.05) is 0 Å². The molecule has 0 saturated carbocycles. The van der Waals surface area contributed by atoms with Crippen molar-refractivity contribution in [1.82, 2.24) is 8.96 Å². The molecule has 0 unspecified atom stereocenters. The molecular formula is C13H8BrFN2O2S. The molecule has 2 heterocycles. The van der Waals surface area contributed by atoms with Crippen LogP contribution in [0.5, 0.6) is 0 Å². The Bertz CT molecular complexity index is 891. The minimum Gasteiger partial charge on any atom is -0.234 e. The first-order valence-corrected chi connectivity index (χ1v) is 7.86. The highest BCUT2D eigenvalue weighted by Crippen LogP contribution is 2.28. The molecule has 0 saturated heterocycles. The van der Waals surface area contributed by atoms with E-state index in [1.165, 1.54) is 24.4 Å². The third-order valence-corrected chi connectivity index (χ3v) is 5.13. The van der Waals surface area contributed by atoms with Crippen LogP contribution in [0, 0.1) is 5.82 Å². The van der Waals surface area contributed by atoms with Crippen molar-refractivity contribution in [2.45, 2.75) is 4.90 Å². The summed E-state index contributed by atoms with van der Waals surface area (Å²) < 4.78 is 39.8. The lowest BCUT2D eigenvalue weighted by Crippen LogP contribution is -2.12. The summed E-state index contributed by atoms with van der Waals surface area (Å²) in [4.78, 5) is 4.02. The van der Waals surface area contributed by atoms with Crippen LogP contribution >= 0.6 is 15.9 Å². The molecule has 0 atom stereocenters. The smallest absolute Gasteiger partial charge is 0.234 e. The van der Waals surface area contributed by atoms with Gasteiger partial charge in [-0.1, -0.05) is 18.2 Å². The lowest BCUT2D eigenvalue weighted by atomic mass is 10.3. The fourth-order valence-corrected chi connectivity index (χ4v) is 3.88. The molecular weight excluding hydrogens is 347 g/mol. The Labute approximate surface area is 123 Å². The summed E-state index contributed by atoms with van der Waals surface area (Å²) in [6.45, 7) is 0. The van der Waals surface area contributed by atoms with Gasteiger partial charge in [-0.2, -0.15) is 0 Å². The molecule has 0 radical (unpaired) electrons. The van der Waals surface area contributed by atoms with Gasteiger partial charge in [0.25, 0.3) is 10.0 Å². The maximum Gasteiger partial charge on any atom is 0.269 e. The van der Waals surface area contributed by atoms with Crippen LogP contribution in [0.3, 0.4) is 0 Å². The van der Waals surface area contributed by atoms with Crippen molar-refractivity contribution in [3.05, 3.63) is 59.1 Å². The normalized spacial score (nSPS) is 11.9. The van der Waals surface area contributed by atoms with Gasteiger partial charge in [0.05, 0.1) is 11.1 Å². The fraction of sp³-hybridized carbons (Fsp3) is 0. The molecule has 20 heavy (non-hydrogen) atoms. The van der Waals surface area contributed by atoms with Crippen LogP contribution in [0.15, 0.2) is 58.2 Å². The van der Waals surface area contributed by atoms with Gasteiger partial charge in [-0.05, 0) is 34.1 Å². The third-order valence-electron chi connectivity index (χ3n) is 2.83. The number of hydrogen-bond donors (Lipinski definition) is 0. The van der Waals surface area contributed by atoms with Gasteiger partial charge in [0.1, 0.15) is 5.82 Å². The highest BCUT2D eigenvalue weighted by atomic mass is 79.9. The molecule has 0 spiro atoms. The molecule has 3 rings (SSSR count). The van der Waals surface area contributed by atoms with Crippen LogP contribution < -0.4 is 0 Å². The molecule has 0 fully saturated rings. The maximum atomic E-state index is 13.2. The van der Waals surface area contributed by atoms with Crippen LogP contribution in [0.1, 0.15) is 0 Å². The Morgan fingerprint density at radius 1 is 1.20 bits per heavy atom. The van der Waals surface area contributed by atoms with Crippen molar-refractivity contribution >= 4 is 37.0 Å². The van der Waals surface area contributed by atoms with Gasteiger partial charge < -0.3 is 0 Å². The van der Waals surface area contributed by atoms with Gasteiger partial charge in [-0.25, -0.2) is 21.8 Å². The van der Waals surface area contributed by atoms with Crippen molar-refractivity contribution in [1.29, 1.82) is 0 Å². The fourth-order valence-electron chi connectivity index (χ4n) is 1.91. The first-order chi connectivity index (χ1) is 9.50. The predicted molar refractivity (Wildman–Crippen MR) is 76.4 cm³/mol. The Hall–Kier alpha value is -1.73. The minimum absolute atomic E-state index is 0.149. The number of pyridine rings is 1. The Kier molecular flexibility index (Phi) is 3.10. The second-order valence-corrected chi connectivity index (χ2v) is 6.78. The zero-order chi connectivity index (χ0) is 14.3. The standard InChI is InChI=1S/C13H8BrFN2O2S/c14-12-8-17(13-11(12)6-9(15)7-16-13)20(18,19)10-4-2-1-3-5-10/h1-8H. The lowest BCUT2D eigenvalue weighted by Gasteiger charge is -2.06. The van der Waals surface area contributed by atoms with Crippen molar-refractivity contribution in [3.63, 3.8) is 0 Å². The zero-order valence-electron chi connectivity index (χ0n) is 9.99. The molecule has 0 aliphatic carbocycles. The van der Waals surface area contributed by atoms with E-state index < -0.39 is 15.8 Å². The van der Waals surface area contributed by atoms with E-state index >= 15 is 0 Å². The average molecular weight is 355 g/mol. The number of nitrogens with zero attached hydrogens (tertiary/aromatic N) is 2. The molecule has 0 bridgehead atoms. The Balaban J connectivity index is 2.31. The number of fused-ring (bicyclic) bond motifs is 1. The predicted octanol–water partition coefficient (Wildman–Crippen LogP) is 3.17. The molecule has 0 aliphatic heterocycles. The molecule has 7 heteroatoms. The van der Waals surface area contributed by atoms with E-state index in [9.17, 15) is 12.8 Å². The number of halogens is 2. The van der Waals surface area contributed by atoms with Crippen LogP contribution in [0.4, 0.5) is 4.39 Å². The van der Waals surface area contributed by atoms with E-state index in [0.717, 1.165) is 10.2 Å². The highest BCUT2D eigenvalue weighted by Gasteiger charge is 2.21. The van der Waals surface area contributed by atoms with Gasteiger partial charge in [-0.3, -0.25) is 0 Å². The zero-order valence-corrected chi connectivity index (χ0v) is 12.4. The van der Waals surface area contributed by atoms with E-state index in [-0.39, 0.29) is 10.5 Å². The molecule has 1 aromatic carbocycles. The quantitative estimate of drug-likeness (QED) is 0.710. The molecule has 0 amide bonds. The van der Waals surface area contributed by atoms with E-state index in [2.05, 4.69) is 20.9 Å². The van der Waals surface area contributed by atoms with Gasteiger partial charge in [-0.15, -0.1) is 0 Å². The summed E-state index contributed by atoms with van der Waals surface area (Å²) in [5.74, 6) is -0.520. The van der Waals surface area contributed by atoms with Crippen molar-refractivity contribution in [3.8, 4) is 0 Å². The van der Waals surface area contributed by atoms with Gasteiger partial charge in [0.15, 0.2) is 5.65 Å². The number of benzene rings is 1. The van der Waals surface area contributed by atoms with Gasteiger partial charge >= 0.3 is 0 Å². The lowest BCUT2D eigenvalue weighted by molar-refractivity contribution is 0.588. The van der Waals surface area contributed by atoms with Gasteiger partial charge in [0, 0.05) is 16.1 Å². The molecule has 0 N–H and O–H groups in total. The van der Waals surface area contributed by atoms with Crippen LogP contribution in [0.2, 0.25) is 0 Å². The second kappa shape index (κ2) is 4.68. The molecule has 0 aliphatic rings. The summed E-state index contributed by atoms with van der Waals surface area (Å²) in [5.41, 5.74) is 0.183. The minimum atomic E-state index is -3.76. The first-order valence-electron chi connectivity index (χ1n) is 5.63. The largest absolute Gasteiger partial charge is 0.269 e. The Morgan fingerprint density at radius 3 is 2.60 bits per heavy atom. The van der Waals surface area contributed by atoms with Crippen LogP contribution in [-0.2, 0) is 10.0 Å². The monoisotopic (exact) mass is 354 g/mol. The molecule has 2 aromatic heterocycles. The molecule has 4 nitrogen and oxygen atoms in total. The van der Waals surface area contributed by atoms with E-state index in [0.29, 0.717) is 9.86 Å². The number of aromatic nitrogens is 2. The number of rotatable bonds is 2. The summed E-state index contributed by atoms with van der Waals surface area (Å²) >= 11 is 3.22. The average Bonchev–Trinajstić information content (AvgIpc) is 2.77. The van der Waals surface area contributed by atoms with Crippen molar-refractivity contribution in [2.75, 3.05) is 0 Å². The summed E-state index contributed by atoms with van der Waals surface area (Å²) in [7, 11) is -3.76. The first kappa shape index (κ1) is 13.3. The van der Waals surface area contributed by atoms with Crippen molar-refractivity contribution < 1.29 is 12.8 Å². The summed E-state index contributed by atoms with van der Waals surface area (Å²) in [5, 5.41) is 0.407. The highest BCUT2D eigenvalue weighted by molar-refractivity contribution is 9.10. The second-order valence-electron chi connectivity index (χ2n) is 4.12. The molecule has 3 aromatic rings. The van der Waals surface area contributed by atoms with Gasteiger partial charge in [0.2, 0.25) is 0 Å². The Morgan fingerprint density at radius 2 is 1.90 bits per heavy atom. The molecule has 102 valence electrons. The SMILES string of the molecule is O=S(=O)(c1ccccc1)n1cc(Br)c2cc(F)cnc21. The topological polar surface area (TPSA) is 52.0 Å². The van der Waals surface area contributed by atoms with Crippen LogP contribution in [0.25, 0.3) is 11.0 Å².